The Hall–Kier alpha value is -3.53. The Labute approximate surface area is 152 Å². The summed E-state index contributed by atoms with van der Waals surface area (Å²) in [4.78, 5) is 13.5. The summed E-state index contributed by atoms with van der Waals surface area (Å²) in [5.41, 5.74) is 4.24. The molecule has 4 nitrogen and oxygen atoms in total. The molecule has 1 aromatic carbocycles. The van der Waals surface area contributed by atoms with Gasteiger partial charge in [0.05, 0.1) is 22.8 Å². The zero-order valence-electron chi connectivity index (χ0n) is 14.1. The van der Waals surface area contributed by atoms with Gasteiger partial charge in [-0.1, -0.05) is 42.5 Å². The van der Waals surface area contributed by atoms with Crippen LogP contribution in [0.3, 0.4) is 0 Å². The molecule has 26 heavy (non-hydrogen) atoms. The van der Waals surface area contributed by atoms with Crippen molar-refractivity contribution in [1.29, 1.82) is 0 Å². The predicted molar refractivity (Wildman–Crippen MR) is 101 cm³/mol. The van der Waals surface area contributed by atoms with E-state index in [2.05, 4.69) is 9.97 Å². The average Bonchev–Trinajstić information content (AvgIpc) is 2.74. The van der Waals surface area contributed by atoms with E-state index in [1.165, 1.54) is 0 Å². The first-order valence-corrected chi connectivity index (χ1v) is 8.40. The Morgan fingerprint density at radius 1 is 0.615 bits per heavy atom. The van der Waals surface area contributed by atoms with Gasteiger partial charge in [0.1, 0.15) is 12.4 Å². The third kappa shape index (κ3) is 3.75. The minimum absolute atomic E-state index is 0.494. The number of nitrogens with zero attached hydrogens (tertiary/aromatic N) is 3. The van der Waals surface area contributed by atoms with Gasteiger partial charge < -0.3 is 4.74 Å². The molecule has 4 rings (SSSR count). The van der Waals surface area contributed by atoms with Gasteiger partial charge in [0, 0.05) is 24.5 Å². The van der Waals surface area contributed by atoms with Crippen molar-refractivity contribution in [1.82, 2.24) is 15.0 Å². The first kappa shape index (κ1) is 16.0. The molecule has 4 heteroatoms. The summed E-state index contributed by atoms with van der Waals surface area (Å²) in [6.07, 6.45) is 3.52. The summed E-state index contributed by atoms with van der Waals surface area (Å²) in [6.45, 7) is 0.494. The first-order valence-electron chi connectivity index (χ1n) is 8.40. The van der Waals surface area contributed by atoms with Crippen LogP contribution in [-0.4, -0.2) is 15.0 Å². The van der Waals surface area contributed by atoms with Crippen molar-refractivity contribution in [2.45, 2.75) is 6.61 Å². The highest BCUT2D eigenvalue weighted by atomic mass is 16.5. The van der Waals surface area contributed by atoms with Crippen LogP contribution in [0.2, 0.25) is 0 Å². The van der Waals surface area contributed by atoms with Crippen molar-refractivity contribution in [3.63, 3.8) is 0 Å². The molecule has 3 heterocycles. The van der Waals surface area contributed by atoms with E-state index in [1.54, 1.807) is 12.4 Å². The predicted octanol–water partition coefficient (Wildman–Crippen LogP) is 4.78. The van der Waals surface area contributed by atoms with Crippen LogP contribution in [0.25, 0.3) is 22.8 Å². The lowest BCUT2D eigenvalue weighted by molar-refractivity contribution is 0.306. The normalized spacial score (nSPS) is 10.5. The van der Waals surface area contributed by atoms with Crippen LogP contribution in [-0.2, 0) is 6.61 Å². The lowest BCUT2D eigenvalue weighted by atomic mass is 10.2. The Balaban J connectivity index is 1.70. The number of pyridine rings is 3. The summed E-state index contributed by atoms with van der Waals surface area (Å²) < 4.78 is 6.02. The van der Waals surface area contributed by atoms with Gasteiger partial charge in [-0.2, -0.15) is 0 Å². The van der Waals surface area contributed by atoms with Crippen molar-refractivity contribution in [3.05, 3.63) is 96.8 Å². The lowest BCUT2D eigenvalue weighted by Crippen LogP contribution is -1.98. The second-order valence-corrected chi connectivity index (χ2v) is 5.78. The van der Waals surface area contributed by atoms with Gasteiger partial charge in [-0.3, -0.25) is 9.97 Å². The standard InChI is InChI=1S/C22H17N3O/c1-2-8-17(9-3-1)16-26-18-14-21(19-10-4-6-12-23-19)25-22(15-18)20-11-5-7-13-24-20/h1-15H,16H2. The zero-order chi connectivity index (χ0) is 17.6. The van der Waals surface area contributed by atoms with E-state index in [1.807, 2.05) is 78.9 Å². The third-order valence-electron chi connectivity index (χ3n) is 3.90. The van der Waals surface area contributed by atoms with Crippen molar-refractivity contribution in [2.75, 3.05) is 0 Å². The van der Waals surface area contributed by atoms with Crippen LogP contribution in [0.4, 0.5) is 0 Å². The molecule has 0 amide bonds. The second kappa shape index (κ2) is 7.57. The van der Waals surface area contributed by atoms with Crippen molar-refractivity contribution in [3.8, 4) is 28.5 Å². The molecule has 0 bridgehead atoms. The lowest BCUT2D eigenvalue weighted by Gasteiger charge is -2.10. The van der Waals surface area contributed by atoms with Crippen LogP contribution in [0.5, 0.6) is 5.75 Å². The molecule has 0 spiro atoms. The van der Waals surface area contributed by atoms with Crippen LogP contribution >= 0.6 is 0 Å². The summed E-state index contributed by atoms with van der Waals surface area (Å²) in [5, 5.41) is 0. The third-order valence-corrected chi connectivity index (χ3v) is 3.90. The molecule has 0 saturated carbocycles. The van der Waals surface area contributed by atoms with E-state index in [0.29, 0.717) is 6.61 Å². The maximum absolute atomic E-state index is 6.02. The number of rotatable bonds is 5. The molecular formula is C22H17N3O. The highest BCUT2D eigenvalue weighted by Crippen LogP contribution is 2.27. The van der Waals surface area contributed by atoms with Gasteiger partial charge in [0.2, 0.25) is 0 Å². The van der Waals surface area contributed by atoms with Gasteiger partial charge in [-0.05, 0) is 29.8 Å². The Kier molecular flexibility index (Phi) is 4.65. The maximum Gasteiger partial charge on any atom is 0.124 e. The Morgan fingerprint density at radius 3 is 1.73 bits per heavy atom. The molecule has 0 unspecified atom stereocenters. The molecule has 0 fully saturated rings. The smallest absolute Gasteiger partial charge is 0.124 e. The van der Waals surface area contributed by atoms with Crippen LogP contribution in [0, 0.1) is 0 Å². The Morgan fingerprint density at radius 2 is 1.19 bits per heavy atom. The minimum Gasteiger partial charge on any atom is -0.489 e. The molecule has 0 saturated heterocycles. The van der Waals surface area contributed by atoms with Crippen LogP contribution in [0.1, 0.15) is 5.56 Å². The monoisotopic (exact) mass is 339 g/mol. The Bertz CT molecular complexity index is 916. The minimum atomic E-state index is 0.494. The molecule has 0 aliphatic heterocycles. The summed E-state index contributed by atoms with van der Waals surface area (Å²) in [7, 11) is 0. The number of benzene rings is 1. The summed E-state index contributed by atoms with van der Waals surface area (Å²) in [6, 6.07) is 25.5. The van der Waals surface area contributed by atoms with Crippen molar-refractivity contribution >= 4 is 0 Å². The van der Waals surface area contributed by atoms with Gasteiger partial charge in [-0.25, -0.2) is 4.98 Å². The number of hydrogen-bond acceptors (Lipinski definition) is 4. The first-order chi connectivity index (χ1) is 12.9. The van der Waals surface area contributed by atoms with E-state index in [-0.39, 0.29) is 0 Å². The largest absolute Gasteiger partial charge is 0.489 e. The molecule has 126 valence electrons. The van der Waals surface area contributed by atoms with Crippen molar-refractivity contribution < 1.29 is 4.74 Å². The summed E-state index contributed by atoms with van der Waals surface area (Å²) in [5.74, 6) is 0.741. The quantitative estimate of drug-likeness (QED) is 0.525. The van der Waals surface area contributed by atoms with E-state index >= 15 is 0 Å². The molecule has 4 aromatic rings. The van der Waals surface area contributed by atoms with Gasteiger partial charge in [0.25, 0.3) is 0 Å². The van der Waals surface area contributed by atoms with E-state index in [9.17, 15) is 0 Å². The molecule has 0 aliphatic rings. The SMILES string of the molecule is c1ccc(COc2cc(-c3ccccn3)nc(-c3ccccn3)c2)cc1. The van der Waals surface area contributed by atoms with Gasteiger partial charge in [-0.15, -0.1) is 0 Å². The fourth-order valence-electron chi connectivity index (χ4n) is 2.62. The molecule has 0 N–H and O–H groups in total. The number of hydrogen-bond donors (Lipinski definition) is 0. The highest BCUT2D eigenvalue weighted by Gasteiger charge is 2.09. The highest BCUT2D eigenvalue weighted by molar-refractivity contribution is 5.64. The van der Waals surface area contributed by atoms with E-state index < -0.39 is 0 Å². The van der Waals surface area contributed by atoms with E-state index in [4.69, 9.17) is 9.72 Å². The topological polar surface area (TPSA) is 47.9 Å². The van der Waals surface area contributed by atoms with Gasteiger partial charge >= 0.3 is 0 Å². The van der Waals surface area contributed by atoms with Crippen LogP contribution < -0.4 is 4.74 Å². The average molecular weight is 339 g/mol. The second-order valence-electron chi connectivity index (χ2n) is 5.78. The molecule has 0 radical (unpaired) electrons. The molecular weight excluding hydrogens is 322 g/mol. The van der Waals surface area contributed by atoms with Gasteiger partial charge in [0.15, 0.2) is 0 Å². The molecule has 0 atom stereocenters. The molecule has 3 aromatic heterocycles. The van der Waals surface area contributed by atoms with Crippen LogP contribution in [0.15, 0.2) is 91.3 Å². The maximum atomic E-state index is 6.02. The zero-order valence-corrected chi connectivity index (χ0v) is 14.1. The van der Waals surface area contributed by atoms with E-state index in [0.717, 1.165) is 34.1 Å². The van der Waals surface area contributed by atoms with Crippen molar-refractivity contribution in [2.24, 2.45) is 0 Å². The fourth-order valence-corrected chi connectivity index (χ4v) is 2.62. The summed E-state index contributed by atoms with van der Waals surface area (Å²) >= 11 is 0. The fraction of sp³-hybridized carbons (Fsp3) is 0.0455. The number of aromatic nitrogens is 3. The molecule has 0 aliphatic carbocycles. The number of ether oxygens (including phenoxy) is 1.